The van der Waals surface area contributed by atoms with Gasteiger partial charge in [0.05, 0.1) is 24.5 Å². The van der Waals surface area contributed by atoms with E-state index in [1.807, 2.05) is 36.1 Å². The Morgan fingerprint density at radius 1 is 1.24 bits per heavy atom. The predicted octanol–water partition coefficient (Wildman–Crippen LogP) is 5.32. The summed E-state index contributed by atoms with van der Waals surface area (Å²) in [6.45, 7) is 2.54. The maximum absolute atomic E-state index is 13.3. The molecule has 0 spiro atoms. The Morgan fingerprint density at radius 3 is 2.76 bits per heavy atom. The number of carbonyl (C=O) groups is 1. The van der Waals surface area contributed by atoms with Crippen LogP contribution in [0.4, 0.5) is 15.2 Å². The molecular formula is C22H22FN3O2S. The third-order valence-corrected chi connectivity index (χ3v) is 6.17. The Bertz CT molecular complexity index is 1020. The molecule has 0 aliphatic carbocycles. The van der Waals surface area contributed by atoms with Gasteiger partial charge < -0.3 is 15.0 Å². The minimum absolute atomic E-state index is 0.0279. The molecule has 150 valence electrons. The number of halogens is 1. The minimum atomic E-state index is -0.269. The molecule has 7 heteroatoms. The number of aryl methyl sites for hydroxylation is 1. The van der Waals surface area contributed by atoms with Crippen LogP contribution in [-0.2, 0) is 0 Å². The van der Waals surface area contributed by atoms with Crippen molar-refractivity contribution in [2.24, 2.45) is 0 Å². The molecule has 1 amide bonds. The van der Waals surface area contributed by atoms with E-state index in [1.54, 1.807) is 19.2 Å². The van der Waals surface area contributed by atoms with Crippen molar-refractivity contribution < 1.29 is 13.9 Å². The highest BCUT2D eigenvalue weighted by molar-refractivity contribution is 7.17. The van der Waals surface area contributed by atoms with E-state index < -0.39 is 0 Å². The van der Waals surface area contributed by atoms with E-state index in [9.17, 15) is 9.18 Å². The predicted molar refractivity (Wildman–Crippen MR) is 113 cm³/mol. The Hall–Kier alpha value is -2.93. The van der Waals surface area contributed by atoms with Crippen LogP contribution >= 0.6 is 11.3 Å². The Kier molecular flexibility index (Phi) is 5.49. The lowest BCUT2D eigenvalue weighted by Crippen LogP contribution is -2.30. The first-order valence-electron chi connectivity index (χ1n) is 9.50. The maximum atomic E-state index is 13.3. The largest absolute Gasteiger partial charge is 0.495 e. The van der Waals surface area contributed by atoms with Crippen molar-refractivity contribution in [3.05, 3.63) is 70.5 Å². The van der Waals surface area contributed by atoms with Crippen LogP contribution in [-0.4, -0.2) is 29.4 Å². The summed E-state index contributed by atoms with van der Waals surface area (Å²) in [7, 11) is 1.62. The van der Waals surface area contributed by atoms with Crippen molar-refractivity contribution in [1.82, 2.24) is 9.88 Å². The second kappa shape index (κ2) is 8.21. The molecule has 1 N–H and O–H groups in total. The molecule has 5 nitrogen and oxygen atoms in total. The first kappa shape index (κ1) is 19.4. The van der Waals surface area contributed by atoms with Crippen molar-refractivity contribution in [3.63, 3.8) is 0 Å². The van der Waals surface area contributed by atoms with Crippen LogP contribution in [0.5, 0.6) is 5.75 Å². The zero-order valence-electron chi connectivity index (χ0n) is 16.3. The average molecular weight is 412 g/mol. The molecule has 1 aliphatic rings. The zero-order chi connectivity index (χ0) is 20.4. The summed E-state index contributed by atoms with van der Waals surface area (Å²) in [6, 6.07) is 14.0. The molecular weight excluding hydrogens is 389 g/mol. The lowest BCUT2D eigenvalue weighted by atomic mass is 10.0. The minimum Gasteiger partial charge on any atom is -0.495 e. The summed E-state index contributed by atoms with van der Waals surface area (Å²) in [5.41, 5.74) is 2.46. The summed E-state index contributed by atoms with van der Waals surface area (Å²) >= 11 is 1.34. The highest BCUT2D eigenvalue weighted by Gasteiger charge is 2.32. The summed E-state index contributed by atoms with van der Waals surface area (Å²) in [4.78, 5) is 20.3. The van der Waals surface area contributed by atoms with Crippen LogP contribution in [0.25, 0.3) is 0 Å². The number of nitrogens with one attached hydrogen (secondary N) is 1. The molecule has 0 saturated carbocycles. The number of likely N-dealkylation sites (tertiary alicyclic amines) is 1. The second-order valence-corrected chi connectivity index (χ2v) is 7.97. The normalized spacial score (nSPS) is 16.1. The van der Waals surface area contributed by atoms with E-state index in [1.165, 1.54) is 23.5 Å². The van der Waals surface area contributed by atoms with Crippen LogP contribution in [0.2, 0.25) is 0 Å². The molecule has 2 heterocycles. The fourth-order valence-corrected chi connectivity index (χ4v) is 4.62. The molecule has 2 aromatic carbocycles. The third-order valence-electron chi connectivity index (χ3n) is 5.11. The first-order valence-corrected chi connectivity index (χ1v) is 10.3. The van der Waals surface area contributed by atoms with Gasteiger partial charge in [0, 0.05) is 6.54 Å². The molecule has 3 aromatic rings. The maximum Gasteiger partial charge on any atom is 0.266 e. The van der Waals surface area contributed by atoms with Crippen LogP contribution < -0.4 is 10.1 Å². The number of thiazole rings is 1. The Labute approximate surface area is 173 Å². The molecule has 1 aromatic heterocycles. The van der Waals surface area contributed by atoms with Gasteiger partial charge in [0.2, 0.25) is 0 Å². The fourth-order valence-electron chi connectivity index (χ4n) is 3.68. The Balaban J connectivity index is 1.56. The molecule has 1 atom stereocenters. The number of amides is 1. The van der Waals surface area contributed by atoms with E-state index in [0.29, 0.717) is 28.0 Å². The summed E-state index contributed by atoms with van der Waals surface area (Å²) < 4.78 is 18.6. The van der Waals surface area contributed by atoms with E-state index in [4.69, 9.17) is 4.74 Å². The van der Waals surface area contributed by atoms with Crippen LogP contribution in [0, 0.1) is 12.7 Å². The van der Waals surface area contributed by atoms with Crippen molar-refractivity contribution in [1.29, 1.82) is 0 Å². The quantitative estimate of drug-likeness (QED) is 0.617. The van der Waals surface area contributed by atoms with E-state index >= 15 is 0 Å². The van der Waals surface area contributed by atoms with Crippen molar-refractivity contribution >= 4 is 28.1 Å². The molecule has 0 bridgehead atoms. The van der Waals surface area contributed by atoms with Crippen LogP contribution in [0.3, 0.4) is 0 Å². The van der Waals surface area contributed by atoms with E-state index in [-0.39, 0.29) is 17.8 Å². The number of methoxy groups -OCH3 is 1. The molecule has 4 rings (SSSR count). The molecule has 1 fully saturated rings. The zero-order valence-corrected chi connectivity index (χ0v) is 17.1. The van der Waals surface area contributed by atoms with E-state index in [2.05, 4.69) is 10.3 Å². The standard InChI is InChI=1S/C22H22FN3O2S/c1-14-20(29-22(24-14)25-17-6-3-4-8-19(17)28-2)21(27)26-13-5-7-18(26)15-9-11-16(23)12-10-15/h3-4,6,8-12,18H,5,7,13H2,1-2H3,(H,24,25). The van der Waals surface area contributed by atoms with Gasteiger partial charge in [-0.3, -0.25) is 4.79 Å². The number of rotatable bonds is 5. The van der Waals surface area contributed by atoms with Gasteiger partial charge in [-0.2, -0.15) is 0 Å². The Morgan fingerprint density at radius 2 is 2.00 bits per heavy atom. The monoisotopic (exact) mass is 411 g/mol. The van der Waals surface area contributed by atoms with Gasteiger partial charge in [-0.25, -0.2) is 9.37 Å². The molecule has 1 unspecified atom stereocenters. The molecule has 1 saturated heterocycles. The van der Waals surface area contributed by atoms with Crippen LogP contribution in [0.1, 0.15) is 39.8 Å². The van der Waals surface area contributed by atoms with Gasteiger partial charge >= 0.3 is 0 Å². The number of carbonyl (C=O) groups excluding carboxylic acids is 1. The number of hydrogen-bond acceptors (Lipinski definition) is 5. The highest BCUT2D eigenvalue weighted by Crippen LogP contribution is 2.36. The topological polar surface area (TPSA) is 54.5 Å². The smallest absolute Gasteiger partial charge is 0.266 e. The van der Waals surface area contributed by atoms with Gasteiger partial charge in [-0.15, -0.1) is 0 Å². The highest BCUT2D eigenvalue weighted by atomic mass is 32.1. The summed E-state index contributed by atoms with van der Waals surface area (Å²) in [5, 5.41) is 3.90. The summed E-state index contributed by atoms with van der Waals surface area (Å²) in [5.74, 6) is 0.416. The molecule has 29 heavy (non-hydrogen) atoms. The van der Waals surface area contributed by atoms with Gasteiger partial charge in [-0.05, 0) is 49.6 Å². The lowest BCUT2D eigenvalue weighted by Gasteiger charge is -2.24. The second-order valence-electron chi connectivity index (χ2n) is 6.97. The number of benzene rings is 2. The van der Waals surface area contributed by atoms with Crippen molar-refractivity contribution in [2.75, 3.05) is 19.0 Å². The number of para-hydroxylation sites is 2. The number of ether oxygens (including phenoxy) is 1. The van der Waals surface area contributed by atoms with Gasteiger partial charge in [0.15, 0.2) is 5.13 Å². The lowest BCUT2D eigenvalue weighted by molar-refractivity contribution is 0.0739. The van der Waals surface area contributed by atoms with Gasteiger partial charge in [0.25, 0.3) is 5.91 Å². The van der Waals surface area contributed by atoms with Crippen molar-refractivity contribution in [3.8, 4) is 5.75 Å². The number of nitrogens with zero attached hydrogens (tertiary/aromatic N) is 2. The summed E-state index contributed by atoms with van der Waals surface area (Å²) in [6.07, 6.45) is 1.81. The van der Waals surface area contributed by atoms with Gasteiger partial charge in [0.1, 0.15) is 16.4 Å². The number of hydrogen-bond donors (Lipinski definition) is 1. The van der Waals surface area contributed by atoms with Crippen LogP contribution in [0.15, 0.2) is 48.5 Å². The van der Waals surface area contributed by atoms with Gasteiger partial charge in [-0.1, -0.05) is 35.6 Å². The average Bonchev–Trinajstić information content (AvgIpc) is 3.35. The fraction of sp³-hybridized carbons (Fsp3) is 0.273. The molecule has 1 aliphatic heterocycles. The SMILES string of the molecule is COc1ccccc1Nc1nc(C)c(C(=O)N2CCCC2c2ccc(F)cc2)s1. The number of aromatic nitrogens is 1. The number of anilines is 2. The first-order chi connectivity index (χ1) is 14.1. The van der Waals surface area contributed by atoms with Crippen molar-refractivity contribution in [2.45, 2.75) is 25.8 Å². The third kappa shape index (κ3) is 3.96. The molecule has 0 radical (unpaired) electrons. The van der Waals surface area contributed by atoms with E-state index in [0.717, 1.165) is 24.1 Å².